The van der Waals surface area contributed by atoms with E-state index in [1.54, 1.807) is 0 Å². The van der Waals surface area contributed by atoms with E-state index in [1.807, 2.05) is 12.1 Å². The molecule has 0 aromatic heterocycles. The third kappa shape index (κ3) is 2.73. The zero-order valence-electron chi connectivity index (χ0n) is 9.75. The minimum atomic E-state index is -0.163. The lowest BCUT2D eigenvalue weighted by Gasteiger charge is -2.34. The quantitative estimate of drug-likeness (QED) is 0.845. The van der Waals surface area contributed by atoms with E-state index in [1.165, 1.54) is 25.0 Å². The van der Waals surface area contributed by atoms with Gasteiger partial charge in [-0.1, -0.05) is 6.92 Å². The van der Waals surface area contributed by atoms with Crippen LogP contribution >= 0.6 is 0 Å². The molecule has 1 fully saturated rings. The molecule has 1 aliphatic rings. The molecule has 0 bridgehead atoms. The van der Waals surface area contributed by atoms with Gasteiger partial charge in [-0.2, -0.15) is 0 Å². The standard InChI is InChI=1S/C13H19FN2/c1-2-15-12-4-3-9-16(10-12)13-7-5-11(14)6-8-13/h5-8,12,15H,2-4,9-10H2,1H3. The smallest absolute Gasteiger partial charge is 0.123 e. The van der Waals surface area contributed by atoms with Crippen molar-refractivity contribution in [2.45, 2.75) is 25.8 Å². The molecule has 2 nitrogen and oxygen atoms in total. The van der Waals surface area contributed by atoms with E-state index in [-0.39, 0.29) is 5.82 Å². The van der Waals surface area contributed by atoms with E-state index in [4.69, 9.17) is 0 Å². The predicted octanol–water partition coefficient (Wildman–Crippen LogP) is 2.40. The minimum Gasteiger partial charge on any atom is -0.370 e. The summed E-state index contributed by atoms with van der Waals surface area (Å²) in [5.74, 6) is -0.163. The van der Waals surface area contributed by atoms with Crippen molar-refractivity contribution < 1.29 is 4.39 Å². The largest absolute Gasteiger partial charge is 0.370 e. The maximum atomic E-state index is 12.8. The predicted molar refractivity (Wildman–Crippen MR) is 65.3 cm³/mol. The van der Waals surface area contributed by atoms with E-state index < -0.39 is 0 Å². The lowest BCUT2D eigenvalue weighted by atomic mass is 10.0. The Bertz CT molecular complexity index is 321. The van der Waals surface area contributed by atoms with Crippen LogP contribution in [-0.4, -0.2) is 25.7 Å². The van der Waals surface area contributed by atoms with Crippen LogP contribution in [0.4, 0.5) is 10.1 Å². The van der Waals surface area contributed by atoms with E-state index in [0.717, 1.165) is 25.3 Å². The molecule has 16 heavy (non-hydrogen) atoms. The van der Waals surface area contributed by atoms with Gasteiger partial charge in [-0.05, 0) is 43.7 Å². The molecule has 1 heterocycles. The summed E-state index contributed by atoms with van der Waals surface area (Å²) in [7, 11) is 0. The number of anilines is 1. The SMILES string of the molecule is CCNC1CCCN(c2ccc(F)cc2)C1. The summed E-state index contributed by atoms with van der Waals surface area (Å²) in [6.07, 6.45) is 2.45. The summed E-state index contributed by atoms with van der Waals surface area (Å²) in [6.45, 7) is 5.26. The molecule has 0 radical (unpaired) electrons. The van der Waals surface area contributed by atoms with Gasteiger partial charge in [0.2, 0.25) is 0 Å². The molecule has 88 valence electrons. The maximum Gasteiger partial charge on any atom is 0.123 e. The Morgan fingerprint density at radius 1 is 1.38 bits per heavy atom. The highest BCUT2D eigenvalue weighted by Crippen LogP contribution is 2.20. The number of nitrogens with one attached hydrogen (secondary N) is 1. The van der Waals surface area contributed by atoms with Gasteiger partial charge >= 0.3 is 0 Å². The van der Waals surface area contributed by atoms with Crippen molar-refractivity contribution >= 4 is 5.69 Å². The van der Waals surface area contributed by atoms with Crippen LogP contribution in [-0.2, 0) is 0 Å². The Balaban J connectivity index is 2.01. The molecule has 1 saturated heterocycles. The molecule has 1 atom stereocenters. The van der Waals surface area contributed by atoms with Gasteiger partial charge in [0.15, 0.2) is 0 Å². The van der Waals surface area contributed by atoms with Crippen LogP contribution in [0.25, 0.3) is 0 Å². The highest BCUT2D eigenvalue weighted by Gasteiger charge is 2.18. The van der Waals surface area contributed by atoms with Crippen molar-refractivity contribution in [2.24, 2.45) is 0 Å². The Morgan fingerprint density at radius 3 is 2.81 bits per heavy atom. The summed E-state index contributed by atoms with van der Waals surface area (Å²) < 4.78 is 12.8. The number of benzene rings is 1. The zero-order chi connectivity index (χ0) is 11.4. The fourth-order valence-corrected chi connectivity index (χ4v) is 2.32. The molecule has 0 aliphatic carbocycles. The maximum absolute atomic E-state index is 12.8. The van der Waals surface area contributed by atoms with Crippen LogP contribution in [0.1, 0.15) is 19.8 Å². The van der Waals surface area contributed by atoms with Crippen molar-refractivity contribution in [1.82, 2.24) is 5.32 Å². The van der Waals surface area contributed by atoms with Crippen LogP contribution in [0.3, 0.4) is 0 Å². The first-order valence-corrected chi connectivity index (χ1v) is 6.03. The van der Waals surface area contributed by atoms with Crippen molar-refractivity contribution in [2.75, 3.05) is 24.5 Å². The van der Waals surface area contributed by atoms with Crippen LogP contribution in [0, 0.1) is 5.82 Å². The molecule has 1 unspecified atom stereocenters. The van der Waals surface area contributed by atoms with Crippen molar-refractivity contribution in [3.05, 3.63) is 30.1 Å². The Morgan fingerprint density at radius 2 is 2.12 bits per heavy atom. The normalized spacial score (nSPS) is 21.1. The number of halogens is 1. The number of hydrogen-bond acceptors (Lipinski definition) is 2. The first-order valence-electron chi connectivity index (χ1n) is 6.03. The first kappa shape index (κ1) is 11.4. The average Bonchev–Trinajstić information content (AvgIpc) is 2.31. The fraction of sp³-hybridized carbons (Fsp3) is 0.538. The number of nitrogens with zero attached hydrogens (tertiary/aromatic N) is 1. The van der Waals surface area contributed by atoms with Gasteiger partial charge in [-0.3, -0.25) is 0 Å². The Hall–Kier alpha value is -1.09. The van der Waals surface area contributed by atoms with Gasteiger partial charge in [0.1, 0.15) is 5.82 Å². The Labute approximate surface area is 96.5 Å². The number of piperidine rings is 1. The van der Waals surface area contributed by atoms with Gasteiger partial charge in [-0.25, -0.2) is 4.39 Å². The van der Waals surface area contributed by atoms with E-state index >= 15 is 0 Å². The highest BCUT2D eigenvalue weighted by atomic mass is 19.1. The van der Waals surface area contributed by atoms with Crippen LogP contribution in [0.15, 0.2) is 24.3 Å². The molecule has 0 amide bonds. The molecule has 1 N–H and O–H groups in total. The van der Waals surface area contributed by atoms with Gasteiger partial charge in [0.05, 0.1) is 0 Å². The molecule has 0 spiro atoms. The van der Waals surface area contributed by atoms with Crippen molar-refractivity contribution in [1.29, 1.82) is 0 Å². The third-order valence-corrected chi connectivity index (χ3v) is 3.11. The second-order valence-electron chi connectivity index (χ2n) is 4.32. The number of rotatable bonds is 3. The molecule has 1 aliphatic heterocycles. The van der Waals surface area contributed by atoms with E-state index in [2.05, 4.69) is 17.1 Å². The second kappa shape index (κ2) is 5.30. The van der Waals surface area contributed by atoms with Crippen LogP contribution < -0.4 is 10.2 Å². The summed E-state index contributed by atoms with van der Waals surface area (Å²) in [5, 5.41) is 3.48. The lowest BCUT2D eigenvalue weighted by molar-refractivity contribution is 0.431. The van der Waals surface area contributed by atoms with Crippen molar-refractivity contribution in [3.8, 4) is 0 Å². The summed E-state index contributed by atoms with van der Waals surface area (Å²) in [6, 6.07) is 7.37. The van der Waals surface area contributed by atoms with E-state index in [9.17, 15) is 4.39 Å². The molecule has 1 aromatic rings. The van der Waals surface area contributed by atoms with Gasteiger partial charge in [0, 0.05) is 24.8 Å². The topological polar surface area (TPSA) is 15.3 Å². The summed E-state index contributed by atoms with van der Waals surface area (Å²) in [5.41, 5.74) is 1.13. The van der Waals surface area contributed by atoms with E-state index in [0.29, 0.717) is 6.04 Å². The second-order valence-corrected chi connectivity index (χ2v) is 4.32. The number of likely N-dealkylation sites (N-methyl/N-ethyl adjacent to an activating group) is 1. The Kier molecular flexibility index (Phi) is 3.78. The van der Waals surface area contributed by atoms with Gasteiger partial charge in [0.25, 0.3) is 0 Å². The zero-order valence-corrected chi connectivity index (χ0v) is 9.75. The average molecular weight is 222 g/mol. The molecule has 0 saturated carbocycles. The minimum absolute atomic E-state index is 0.163. The number of hydrogen-bond donors (Lipinski definition) is 1. The molecular weight excluding hydrogens is 203 g/mol. The molecule has 3 heteroatoms. The lowest BCUT2D eigenvalue weighted by Crippen LogP contribution is -2.45. The third-order valence-electron chi connectivity index (χ3n) is 3.11. The molecular formula is C13H19FN2. The fourth-order valence-electron chi connectivity index (χ4n) is 2.32. The monoisotopic (exact) mass is 222 g/mol. The summed E-state index contributed by atoms with van der Waals surface area (Å²) in [4.78, 5) is 2.33. The van der Waals surface area contributed by atoms with Crippen molar-refractivity contribution in [3.63, 3.8) is 0 Å². The molecule has 2 rings (SSSR count). The van der Waals surface area contributed by atoms with Gasteiger partial charge in [-0.15, -0.1) is 0 Å². The van der Waals surface area contributed by atoms with Crippen LogP contribution in [0.5, 0.6) is 0 Å². The molecule has 1 aromatic carbocycles. The highest BCUT2D eigenvalue weighted by molar-refractivity contribution is 5.46. The van der Waals surface area contributed by atoms with Gasteiger partial charge < -0.3 is 10.2 Å². The van der Waals surface area contributed by atoms with Crippen LogP contribution in [0.2, 0.25) is 0 Å². The first-order chi connectivity index (χ1) is 7.79. The summed E-state index contributed by atoms with van der Waals surface area (Å²) >= 11 is 0.